The van der Waals surface area contributed by atoms with Crippen molar-refractivity contribution < 1.29 is 13.9 Å². The highest BCUT2D eigenvalue weighted by molar-refractivity contribution is 6.31. The molecule has 3 aromatic rings. The third kappa shape index (κ3) is 3.66. The number of pyridine rings is 1. The van der Waals surface area contributed by atoms with Gasteiger partial charge in [-0.15, -0.1) is 0 Å². The number of fused-ring (bicyclic) bond motifs is 1. The third-order valence-electron chi connectivity index (χ3n) is 4.77. The normalized spacial score (nSPS) is 17.7. The summed E-state index contributed by atoms with van der Waals surface area (Å²) in [5.41, 5.74) is 1.26. The second-order valence-electron chi connectivity index (χ2n) is 6.54. The van der Waals surface area contributed by atoms with Crippen LogP contribution in [0.5, 0.6) is 0 Å². The zero-order valence-electron chi connectivity index (χ0n) is 14.6. The predicted molar refractivity (Wildman–Crippen MR) is 102 cm³/mol. The minimum Gasteiger partial charge on any atom is -0.372 e. The number of halogens is 2. The van der Waals surface area contributed by atoms with Crippen LogP contribution in [0.4, 0.5) is 4.39 Å². The van der Waals surface area contributed by atoms with Crippen LogP contribution in [-0.2, 0) is 4.74 Å². The molecule has 6 heteroatoms. The van der Waals surface area contributed by atoms with Crippen LogP contribution in [0.1, 0.15) is 28.4 Å². The van der Waals surface area contributed by atoms with Crippen molar-refractivity contribution in [1.29, 1.82) is 0 Å². The average Bonchev–Trinajstić information content (AvgIpc) is 2.93. The highest BCUT2D eigenvalue weighted by atomic mass is 35.5. The predicted octanol–water partition coefficient (Wildman–Crippen LogP) is 4.63. The lowest BCUT2D eigenvalue weighted by molar-refractivity contribution is 0.0473. The molecule has 4 nitrogen and oxygen atoms in total. The lowest BCUT2D eigenvalue weighted by Gasteiger charge is -2.25. The molecule has 4 rings (SSSR count). The molecule has 1 aromatic heterocycles. The second-order valence-corrected chi connectivity index (χ2v) is 6.95. The van der Waals surface area contributed by atoms with E-state index in [4.69, 9.17) is 16.3 Å². The van der Waals surface area contributed by atoms with Crippen LogP contribution in [0.15, 0.2) is 54.9 Å². The fourth-order valence-electron chi connectivity index (χ4n) is 3.41. The molecule has 1 atom stereocenters. The Balaban J connectivity index is 1.67. The second kappa shape index (κ2) is 7.62. The Kier molecular flexibility index (Phi) is 5.05. The Bertz CT molecular complexity index is 995. The number of nitrogens with zero attached hydrogens (tertiary/aromatic N) is 2. The van der Waals surface area contributed by atoms with E-state index < -0.39 is 0 Å². The molecule has 1 amide bonds. The SMILES string of the molecule is O=C(c1cncc2ccc(F)cc12)N1CCCOC(c2ccccc2Cl)C1. The van der Waals surface area contributed by atoms with E-state index in [0.29, 0.717) is 35.7 Å². The fraction of sp³-hybridized carbons (Fsp3) is 0.238. The van der Waals surface area contributed by atoms with E-state index in [1.165, 1.54) is 18.3 Å². The monoisotopic (exact) mass is 384 g/mol. The molecule has 138 valence electrons. The van der Waals surface area contributed by atoms with Crippen molar-refractivity contribution in [2.45, 2.75) is 12.5 Å². The Morgan fingerprint density at radius 1 is 1.22 bits per heavy atom. The molecule has 1 unspecified atom stereocenters. The standard InChI is InChI=1S/C21H18ClFN2O2/c22-19-5-2-1-4-16(19)20-13-25(8-3-9-27-20)21(26)18-12-24-11-14-6-7-15(23)10-17(14)18/h1-2,4-7,10-12,20H,3,8-9,13H2. The summed E-state index contributed by atoms with van der Waals surface area (Å²) in [6.07, 6.45) is 3.55. The van der Waals surface area contributed by atoms with Crippen molar-refractivity contribution in [1.82, 2.24) is 9.88 Å². The lowest BCUT2D eigenvalue weighted by Crippen LogP contribution is -2.34. The summed E-state index contributed by atoms with van der Waals surface area (Å²) in [5.74, 6) is -0.558. The van der Waals surface area contributed by atoms with Crippen molar-refractivity contribution in [3.63, 3.8) is 0 Å². The van der Waals surface area contributed by atoms with Crippen molar-refractivity contribution in [3.8, 4) is 0 Å². The quantitative estimate of drug-likeness (QED) is 0.646. The number of ether oxygens (including phenoxy) is 1. The molecule has 0 spiro atoms. The van der Waals surface area contributed by atoms with E-state index in [2.05, 4.69) is 4.98 Å². The van der Waals surface area contributed by atoms with Crippen LogP contribution in [0, 0.1) is 5.82 Å². The summed E-state index contributed by atoms with van der Waals surface area (Å²) >= 11 is 6.32. The van der Waals surface area contributed by atoms with Gasteiger partial charge < -0.3 is 9.64 Å². The van der Waals surface area contributed by atoms with Crippen molar-refractivity contribution >= 4 is 28.3 Å². The van der Waals surface area contributed by atoms with Gasteiger partial charge in [-0.2, -0.15) is 0 Å². The van der Waals surface area contributed by atoms with Crippen LogP contribution in [0.25, 0.3) is 10.8 Å². The molecule has 0 aliphatic carbocycles. The van der Waals surface area contributed by atoms with E-state index in [1.54, 1.807) is 17.2 Å². The first kappa shape index (κ1) is 17.9. The Morgan fingerprint density at radius 2 is 2.07 bits per heavy atom. The van der Waals surface area contributed by atoms with Gasteiger partial charge in [0, 0.05) is 46.9 Å². The fourth-order valence-corrected chi connectivity index (χ4v) is 3.67. The minimum absolute atomic E-state index is 0.179. The van der Waals surface area contributed by atoms with Crippen molar-refractivity contribution in [3.05, 3.63) is 76.8 Å². The molecule has 27 heavy (non-hydrogen) atoms. The van der Waals surface area contributed by atoms with Gasteiger partial charge in [-0.05, 0) is 30.7 Å². The maximum Gasteiger partial charge on any atom is 0.256 e. The smallest absolute Gasteiger partial charge is 0.256 e. The molecule has 0 N–H and O–H groups in total. The molecule has 2 aromatic carbocycles. The van der Waals surface area contributed by atoms with E-state index in [0.717, 1.165) is 17.4 Å². The first-order valence-corrected chi connectivity index (χ1v) is 9.20. The first-order valence-electron chi connectivity index (χ1n) is 8.82. The van der Waals surface area contributed by atoms with E-state index in [9.17, 15) is 9.18 Å². The number of amides is 1. The zero-order valence-corrected chi connectivity index (χ0v) is 15.3. The van der Waals surface area contributed by atoms with Gasteiger partial charge in [0.15, 0.2) is 0 Å². The van der Waals surface area contributed by atoms with Gasteiger partial charge in [-0.25, -0.2) is 4.39 Å². The molecule has 1 fully saturated rings. The molecule has 1 aliphatic heterocycles. The molecule has 1 saturated heterocycles. The largest absolute Gasteiger partial charge is 0.372 e. The van der Waals surface area contributed by atoms with Gasteiger partial charge >= 0.3 is 0 Å². The van der Waals surface area contributed by atoms with Gasteiger partial charge in [-0.3, -0.25) is 9.78 Å². The number of hydrogen-bond acceptors (Lipinski definition) is 3. The van der Waals surface area contributed by atoms with E-state index >= 15 is 0 Å². The zero-order chi connectivity index (χ0) is 18.8. The van der Waals surface area contributed by atoms with E-state index in [-0.39, 0.29) is 17.8 Å². The molecule has 0 radical (unpaired) electrons. The summed E-state index contributed by atoms with van der Waals surface area (Å²) in [5, 5.41) is 1.91. The Hall–Kier alpha value is -2.50. The van der Waals surface area contributed by atoms with Gasteiger partial charge in [0.05, 0.1) is 12.1 Å². The summed E-state index contributed by atoms with van der Waals surface area (Å²) < 4.78 is 19.7. The maximum absolute atomic E-state index is 13.7. The highest BCUT2D eigenvalue weighted by Crippen LogP contribution is 2.29. The first-order chi connectivity index (χ1) is 13.1. The van der Waals surface area contributed by atoms with Crippen molar-refractivity contribution in [2.24, 2.45) is 0 Å². The number of benzene rings is 2. The van der Waals surface area contributed by atoms with Gasteiger partial charge in [0.2, 0.25) is 0 Å². The number of carbonyl (C=O) groups is 1. The minimum atomic E-state index is -0.379. The Morgan fingerprint density at radius 3 is 2.93 bits per heavy atom. The summed E-state index contributed by atoms with van der Waals surface area (Å²) in [4.78, 5) is 19.1. The number of hydrogen-bond donors (Lipinski definition) is 0. The van der Waals surface area contributed by atoms with Crippen LogP contribution >= 0.6 is 11.6 Å². The van der Waals surface area contributed by atoms with Gasteiger partial charge in [0.25, 0.3) is 5.91 Å². The molecule has 1 aliphatic rings. The number of carbonyl (C=O) groups excluding carboxylic acids is 1. The highest BCUT2D eigenvalue weighted by Gasteiger charge is 2.26. The summed E-state index contributed by atoms with van der Waals surface area (Å²) in [7, 11) is 0. The molecule has 2 heterocycles. The van der Waals surface area contributed by atoms with E-state index in [1.807, 2.05) is 24.3 Å². The lowest BCUT2D eigenvalue weighted by atomic mass is 10.1. The van der Waals surface area contributed by atoms with Crippen LogP contribution in [-0.4, -0.2) is 35.5 Å². The maximum atomic E-state index is 13.7. The molecule has 0 bridgehead atoms. The van der Waals surface area contributed by atoms with Crippen LogP contribution < -0.4 is 0 Å². The third-order valence-corrected chi connectivity index (χ3v) is 5.11. The summed E-state index contributed by atoms with van der Waals surface area (Å²) in [6.45, 7) is 1.49. The van der Waals surface area contributed by atoms with Crippen molar-refractivity contribution in [2.75, 3.05) is 19.7 Å². The molecular weight excluding hydrogens is 367 g/mol. The molecular formula is C21H18ClFN2O2. The number of aromatic nitrogens is 1. The van der Waals surface area contributed by atoms with Crippen LogP contribution in [0.2, 0.25) is 5.02 Å². The van der Waals surface area contributed by atoms with Gasteiger partial charge in [0.1, 0.15) is 11.9 Å². The Labute approximate surface area is 161 Å². The summed E-state index contributed by atoms with van der Waals surface area (Å²) in [6, 6.07) is 11.9. The number of rotatable bonds is 2. The average molecular weight is 385 g/mol. The van der Waals surface area contributed by atoms with Gasteiger partial charge in [-0.1, -0.05) is 29.8 Å². The topological polar surface area (TPSA) is 42.4 Å². The molecule has 0 saturated carbocycles. The van der Waals surface area contributed by atoms with Crippen LogP contribution in [0.3, 0.4) is 0 Å².